The Hall–Kier alpha value is -4.19. The highest BCUT2D eigenvalue weighted by atomic mass is 16.6. The van der Waals surface area contributed by atoms with Gasteiger partial charge in [-0.15, -0.1) is 0 Å². The molecule has 0 saturated heterocycles. The zero-order valence-corrected chi connectivity index (χ0v) is 52.3. The van der Waals surface area contributed by atoms with Gasteiger partial charge in [-0.05, 0) is 109 Å². The summed E-state index contributed by atoms with van der Waals surface area (Å²) in [7, 11) is 0. The predicted molar refractivity (Wildman–Crippen MR) is 348 cm³/mol. The lowest BCUT2D eigenvalue weighted by Crippen LogP contribution is -2.30. The Morgan fingerprint density at radius 2 is 0.500 bits per heavy atom. The van der Waals surface area contributed by atoms with Gasteiger partial charge in [0.05, 0.1) is 0 Å². The van der Waals surface area contributed by atoms with Crippen LogP contribution in [0.15, 0.2) is 122 Å². The van der Waals surface area contributed by atoms with Crippen LogP contribution in [0.25, 0.3) is 0 Å². The number of hydrogen-bond acceptors (Lipinski definition) is 6. The molecular formula is C74H124O6. The van der Waals surface area contributed by atoms with Crippen molar-refractivity contribution in [2.75, 3.05) is 13.2 Å². The van der Waals surface area contributed by atoms with E-state index in [9.17, 15) is 14.4 Å². The van der Waals surface area contributed by atoms with Crippen molar-refractivity contribution in [3.8, 4) is 0 Å². The Morgan fingerprint density at radius 3 is 0.800 bits per heavy atom. The molecule has 456 valence electrons. The molecule has 0 aliphatic carbocycles. The third-order valence-electron chi connectivity index (χ3n) is 14.2. The van der Waals surface area contributed by atoms with Crippen LogP contribution in [0.4, 0.5) is 0 Å². The lowest BCUT2D eigenvalue weighted by atomic mass is 10.0. The van der Waals surface area contributed by atoms with E-state index in [1.807, 2.05) is 0 Å². The summed E-state index contributed by atoms with van der Waals surface area (Å²) in [6.45, 7) is 6.49. The number of hydrogen-bond donors (Lipinski definition) is 0. The summed E-state index contributed by atoms with van der Waals surface area (Å²) in [6, 6.07) is 0. The van der Waals surface area contributed by atoms with E-state index in [1.165, 1.54) is 135 Å². The van der Waals surface area contributed by atoms with Gasteiger partial charge >= 0.3 is 17.9 Å². The molecule has 0 radical (unpaired) electrons. The smallest absolute Gasteiger partial charge is 0.306 e. The predicted octanol–water partition coefficient (Wildman–Crippen LogP) is 23.2. The van der Waals surface area contributed by atoms with Crippen LogP contribution in [0.3, 0.4) is 0 Å². The molecule has 0 fully saturated rings. The summed E-state index contributed by atoms with van der Waals surface area (Å²) in [5.41, 5.74) is 0. The van der Waals surface area contributed by atoms with Crippen LogP contribution in [0, 0.1) is 0 Å². The molecule has 0 N–H and O–H groups in total. The van der Waals surface area contributed by atoms with E-state index in [4.69, 9.17) is 14.2 Å². The highest BCUT2D eigenvalue weighted by Crippen LogP contribution is 2.16. The van der Waals surface area contributed by atoms with E-state index in [-0.39, 0.29) is 31.1 Å². The van der Waals surface area contributed by atoms with Gasteiger partial charge < -0.3 is 14.2 Å². The van der Waals surface area contributed by atoms with Crippen molar-refractivity contribution in [1.29, 1.82) is 0 Å². The molecule has 1 unspecified atom stereocenters. The Bertz CT molecular complexity index is 1650. The minimum Gasteiger partial charge on any atom is -0.462 e. The molecule has 6 heteroatoms. The molecule has 0 saturated carbocycles. The highest BCUT2D eigenvalue weighted by molar-refractivity contribution is 5.71. The second-order valence-electron chi connectivity index (χ2n) is 22.0. The number of esters is 3. The number of carbonyl (C=O) groups excluding carboxylic acids is 3. The van der Waals surface area contributed by atoms with Gasteiger partial charge in [0.25, 0.3) is 0 Å². The van der Waals surface area contributed by atoms with Gasteiger partial charge in [-0.25, -0.2) is 0 Å². The minimum absolute atomic E-state index is 0.0828. The van der Waals surface area contributed by atoms with Gasteiger partial charge in [0, 0.05) is 19.3 Å². The van der Waals surface area contributed by atoms with Crippen molar-refractivity contribution in [1.82, 2.24) is 0 Å². The quantitative estimate of drug-likeness (QED) is 0.0261. The third-order valence-corrected chi connectivity index (χ3v) is 14.2. The van der Waals surface area contributed by atoms with E-state index >= 15 is 0 Å². The van der Waals surface area contributed by atoms with Gasteiger partial charge in [-0.3, -0.25) is 14.4 Å². The fraction of sp³-hybridized carbons (Fsp3) is 0.689. The summed E-state index contributed by atoms with van der Waals surface area (Å²) in [4.78, 5) is 38.3. The minimum atomic E-state index is -0.787. The largest absolute Gasteiger partial charge is 0.462 e. The SMILES string of the molecule is CC/C=C\C/C=C\C/C=C\C/C=C\C/C=C\C/C=C\C/C=C\C/C=C\CCCCCCCCCCCCC(=O)OCC(COC(=O)CCCCCCCCCCCCCCC)OC(=O)CCCCCCC/C=C\C/C=C\CCCC. The van der Waals surface area contributed by atoms with Gasteiger partial charge in [-0.1, -0.05) is 303 Å². The fourth-order valence-electron chi connectivity index (χ4n) is 9.18. The van der Waals surface area contributed by atoms with E-state index in [0.29, 0.717) is 19.3 Å². The monoisotopic (exact) mass is 1110 g/mol. The number of unbranched alkanes of at least 4 members (excludes halogenated alkanes) is 29. The molecule has 0 amide bonds. The van der Waals surface area contributed by atoms with Crippen molar-refractivity contribution in [3.63, 3.8) is 0 Å². The van der Waals surface area contributed by atoms with E-state index in [0.717, 1.165) is 135 Å². The highest BCUT2D eigenvalue weighted by Gasteiger charge is 2.19. The van der Waals surface area contributed by atoms with Crippen molar-refractivity contribution < 1.29 is 28.6 Å². The molecule has 0 spiro atoms. The molecular weight excluding hydrogens is 985 g/mol. The topological polar surface area (TPSA) is 78.9 Å². The van der Waals surface area contributed by atoms with Gasteiger partial charge in [-0.2, -0.15) is 0 Å². The first kappa shape index (κ1) is 75.8. The van der Waals surface area contributed by atoms with Crippen molar-refractivity contribution in [2.24, 2.45) is 0 Å². The van der Waals surface area contributed by atoms with Crippen molar-refractivity contribution in [2.45, 2.75) is 316 Å². The first-order valence-corrected chi connectivity index (χ1v) is 33.5. The molecule has 0 aliphatic heterocycles. The van der Waals surface area contributed by atoms with Gasteiger partial charge in [0.2, 0.25) is 0 Å². The van der Waals surface area contributed by atoms with E-state index in [2.05, 4.69) is 142 Å². The summed E-state index contributed by atoms with van der Waals surface area (Å²) in [6.07, 6.45) is 93.6. The molecule has 6 nitrogen and oxygen atoms in total. The maximum absolute atomic E-state index is 12.9. The second-order valence-corrected chi connectivity index (χ2v) is 22.0. The lowest BCUT2D eigenvalue weighted by Gasteiger charge is -2.18. The maximum Gasteiger partial charge on any atom is 0.306 e. The Labute approximate surface area is 494 Å². The summed E-state index contributed by atoms with van der Waals surface area (Å²) < 4.78 is 16.9. The zero-order valence-electron chi connectivity index (χ0n) is 52.3. The molecule has 0 aromatic heterocycles. The Kier molecular flexibility index (Phi) is 63.8. The molecule has 80 heavy (non-hydrogen) atoms. The number of rotatable bonds is 60. The lowest BCUT2D eigenvalue weighted by molar-refractivity contribution is -0.167. The summed E-state index contributed by atoms with van der Waals surface area (Å²) in [5, 5.41) is 0. The van der Waals surface area contributed by atoms with Crippen LogP contribution in [-0.4, -0.2) is 37.2 Å². The van der Waals surface area contributed by atoms with Crippen molar-refractivity contribution >= 4 is 17.9 Å². The second kappa shape index (κ2) is 67.3. The third kappa shape index (κ3) is 64.6. The standard InChI is InChI=1S/C74H124O6/c1-4-7-10-13-16-19-22-25-27-28-29-30-31-32-33-34-35-36-37-38-39-40-41-42-43-44-45-46-47-50-52-55-58-61-64-67-73(76)79-70-71(69-78-72(75)66-63-60-57-54-51-48-24-21-18-15-12-9-6-3)80-74(77)68-65-62-59-56-53-49-26-23-20-17-14-11-8-5-2/h7,10,14,16-17,19,23,25-27,29-30,32-33,35-36,38-39,41-42,71H,4-6,8-9,11-13,15,18,20-22,24,28,31,34,37,40,43-70H2,1-3H3/b10-7-,17-14-,19-16-,26-23-,27-25-,30-29-,33-32-,36-35-,39-38-,42-41-. The molecule has 0 heterocycles. The summed E-state index contributed by atoms with van der Waals surface area (Å²) >= 11 is 0. The molecule has 1 atom stereocenters. The molecule has 0 aromatic carbocycles. The van der Waals surface area contributed by atoms with Crippen LogP contribution < -0.4 is 0 Å². The number of carbonyl (C=O) groups is 3. The Balaban J connectivity index is 4.21. The summed E-state index contributed by atoms with van der Waals surface area (Å²) in [5.74, 6) is -0.894. The molecule has 0 aliphatic rings. The average Bonchev–Trinajstić information content (AvgIpc) is 3.46. The van der Waals surface area contributed by atoms with Gasteiger partial charge in [0.15, 0.2) is 6.10 Å². The maximum atomic E-state index is 12.9. The van der Waals surface area contributed by atoms with Crippen LogP contribution in [0.5, 0.6) is 0 Å². The van der Waals surface area contributed by atoms with E-state index in [1.54, 1.807) is 0 Å². The fourth-order valence-corrected chi connectivity index (χ4v) is 9.18. The Morgan fingerprint density at radius 1 is 0.263 bits per heavy atom. The van der Waals surface area contributed by atoms with Crippen molar-refractivity contribution in [3.05, 3.63) is 122 Å². The average molecular weight is 1110 g/mol. The first-order valence-electron chi connectivity index (χ1n) is 33.5. The van der Waals surface area contributed by atoms with Crippen LogP contribution in [0.1, 0.15) is 310 Å². The normalized spacial score (nSPS) is 12.9. The number of ether oxygens (including phenoxy) is 3. The molecule has 0 rings (SSSR count). The van der Waals surface area contributed by atoms with E-state index < -0.39 is 6.10 Å². The number of allylic oxidation sites excluding steroid dienone is 20. The van der Waals surface area contributed by atoms with Crippen LogP contribution in [-0.2, 0) is 28.6 Å². The molecule has 0 bridgehead atoms. The van der Waals surface area contributed by atoms with Gasteiger partial charge in [0.1, 0.15) is 13.2 Å². The van der Waals surface area contributed by atoms with Crippen LogP contribution in [0.2, 0.25) is 0 Å². The van der Waals surface area contributed by atoms with Crippen LogP contribution >= 0.6 is 0 Å². The molecule has 0 aromatic rings. The first-order chi connectivity index (χ1) is 39.5. The zero-order chi connectivity index (χ0) is 57.8.